The maximum atomic E-state index is 11.6. The first-order valence-corrected chi connectivity index (χ1v) is 8.18. The molecule has 0 fully saturated rings. The molecular formula is C18H17BrN2O2. The van der Waals surface area contributed by atoms with Crippen molar-refractivity contribution in [2.45, 2.75) is 19.0 Å². The van der Waals surface area contributed by atoms with Crippen LogP contribution in [0.4, 0.5) is 0 Å². The number of carboxylic acid groups (broad SMARTS) is 1. The maximum absolute atomic E-state index is 11.6. The standard InChI is InChI=1S/C18H17BrN2O2/c19-14-5-3-4-12(8-14)10-20-17(18(22)23)9-13-11-21-16-7-2-1-6-15(13)16/h1-8,11,17,20-21H,9-10H2,(H,22,23)/t17-/m1/s1. The van der Waals surface area contributed by atoms with Crippen molar-refractivity contribution in [3.63, 3.8) is 0 Å². The van der Waals surface area contributed by atoms with Gasteiger partial charge in [0.2, 0.25) is 0 Å². The van der Waals surface area contributed by atoms with Crippen molar-refractivity contribution < 1.29 is 9.90 Å². The van der Waals surface area contributed by atoms with Gasteiger partial charge in [-0.05, 0) is 29.3 Å². The van der Waals surface area contributed by atoms with Gasteiger partial charge in [0.1, 0.15) is 6.04 Å². The minimum atomic E-state index is -0.842. The molecule has 0 saturated heterocycles. The highest BCUT2D eigenvalue weighted by atomic mass is 79.9. The van der Waals surface area contributed by atoms with Crippen LogP contribution in [0.3, 0.4) is 0 Å². The van der Waals surface area contributed by atoms with Crippen molar-refractivity contribution in [1.29, 1.82) is 0 Å². The fraction of sp³-hybridized carbons (Fsp3) is 0.167. The van der Waals surface area contributed by atoms with E-state index in [2.05, 4.69) is 26.2 Å². The van der Waals surface area contributed by atoms with Crippen molar-refractivity contribution in [3.05, 3.63) is 70.3 Å². The van der Waals surface area contributed by atoms with Crippen LogP contribution in [0.15, 0.2) is 59.2 Å². The first-order chi connectivity index (χ1) is 11.1. The van der Waals surface area contributed by atoms with Gasteiger partial charge >= 0.3 is 5.97 Å². The summed E-state index contributed by atoms with van der Waals surface area (Å²) in [4.78, 5) is 14.8. The van der Waals surface area contributed by atoms with Crippen molar-refractivity contribution >= 4 is 32.8 Å². The molecule has 3 aromatic rings. The second-order valence-electron chi connectivity index (χ2n) is 5.47. The molecule has 1 atom stereocenters. The molecule has 0 bridgehead atoms. The second kappa shape index (κ2) is 6.98. The van der Waals surface area contributed by atoms with Crippen molar-refractivity contribution in [1.82, 2.24) is 10.3 Å². The average molecular weight is 373 g/mol. The Morgan fingerprint density at radius 3 is 2.83 bits per heavy atom. The predicted octanol–water partition coefficient (Wildman–Crippen LogP) is 3.72. The molecule has 118 valence electrons. The number of aliphatic carboxylic acids is 1. The zero-order valence-electron chi connectivity index (χ0n) is 12.4. The van der Waals surface area contributed by atoms with Crippen LogP contribution >= 0.6 is 15.9 Å². The van der Waals surface area contributed by atoms with E-state index in [-0.39, 0.29) is 0 Å². The lowest BCUT2D eigenvalue weighted by molar-refractivity contribution is -0.139. The molecule has 1 heterocycles. The maximum Gasteiger partial charge on any atom is 0.321 e. The molecule has 0 unspecified atom stereocenters. The predicted molar refractivity (Wildman–Crippen MR) is 94.4 cm³/mol. The zero-order valence-corrected chi connectivity index (χ0v) is 14.0. The third kappa shape index (κ3) is 3.81. The van der Waals surface area contributed by atoms with E-state index in [0.29, 0.717) is 13.0 Å². The third-order valence-corrected chi connectivity index (χ3v) is 4.33. The number of benzene rings is 2. The molecule has 0 amide bonds. The topological polar surface area (TPSA) is 65.1 Å². The van der Waals surface area contributed by atoms with Crippen molar-refractivity contribution in [2.24, 2.45) is 0 Å². The van der Waals surface area contributed by atoms with Gasteiger partial charge in [-0.1, -0.05) is 46.3 Å². The number of hydrogen-bond donors (Lipinski definition) is 3. The fourth-order valence-corrected chi connectivity index (χ4v) is 3.10. The lowest BCUT2D eigenvalue weighted by Gasteiger charge is -2.14. The highest BCUT2D eigenvalue weighted by Gasteiger charge is 2.19. The molecule has 5 heteroatoms. The van der Waals surface area contributed by atoms with E-state index in [1.165, 1.54) is 0 Å². The van der Waals surface area contributed by atoms with Gasteiger partial charge in [-0.15, -0.1) is 0 Å². The van der Waals surface area contributed by atoms with Crippen molar-refractivity contribution in [3.8, 4) is 0 Å². The second-order valence-corrected chi connectivity index (χ2v) is 6.38. The molecule has 0 saturated carbocycles. The van der Waals surface area contributed by atoms with E-state index in [9.17, 15) is 9.90 Å². The minimum absolute atomic E-state index is 0.438. The Morgan fingerprint density at radius 2 is 2.04 bits per heavy atom. The summed E-state index contributed by atoms with van der Waals surface area (Å²) in [6.07, 6.45) is 2.33. The van der Waals surface area contributed by atoms with Gasteiger partial charge in [-0.2, -0.15) is 0 Å². The number of aromatic nitrogens is 1. The fourth-order valence-electron chi connectivity index (χ4n) is 2.66. The van der Waals surface area contributed by atoms with Crippen LogP contribution in [0.25, 0.3) is 10.9 Å². The summed E-state index contributed by atoms with van der Waals surface area (Å²) >= 11 is 3.43. The molecule has 0 spiro atoms. The van der Waals surface area contributed by atoms with Crippen LogP contribution in [0, 0.1) is 0 Å². The number of halogens is 1. The summed E-state index contributed by atoms with van der Waals surface area (Å²) in [7, 11) is 0. The van der Waals surface area contributed by atoms with Crippen LogP contribution in [0.2, 0.25) is 0 Å². The first-order valence-electron chi connectivity index (χ1n) is 7.39. The number of fused-ring (bicyclic) bond motifs is 1. The molecular weight excluding hydrogens is 356 g/mol. The quantitative estimate of drug-likeness (QED) is 0.617. The molecule has 3 rings (SSSR count). The van der Waals surface area contributed by atoms with Gasteiger partial charge in [0.15, 0.2) is 0 Å². The van der Waals surface area contributed by atoms with Crippen LogP contribution < -0.4 is 5.32 Å². The van der Waals surface area contributed by atoms with Crippen molar-refractivity contribution in [2.75, 3.05) is 0 Å². The van der Waals surface area contributed by atoms with E-state index in [0.717, 1.165) is 26.5 Å². The summed E-state index contributed by atoms with van der Waals surface area (Å²) in [5.41, 5.74) is 3.08. The first kappa shape index (κ1) is 15.8. The highest BCUT2D eigenvalue weighted by Crippen LogP contribution is 2.19. The summed E-state index contributed by atoms with van der Waals surface area (Å²) in [6, 6.07) is 15.1. The van der Waals surface area contributed by atoms with Gasteiger partial charge in [0.25, 0.3) is 0 Å². The van der Waals surface area contributed by atoms with E-state index < -0.39 is 12.0 Å². The Labute approximate surface area is 142 Å². The average Bonchev–Trinajstić information content (AvgIpc) is 2.94. The zero-order chi connectivity index (χ0) is 16.2. The minimum Gasteiger partial charge on any atom is -0.480 e. The smallest absolute Gasteiger partial charge is 0.321 e. The monoisotopic (exact) mass is 372 g/mol. The normalized spacial score (nSPS) is 12.4. The van der Waals surface area contributed by atoms with Gasteiger partial charge in [-0.25, -0.2) is 0 Å². The molecule has 3 N–H and O–H groups in total. The molecule has 0 aliphatic rings. The number of carboxylic acids is 1. The summed E-state index contributed by atoms with van der Waals surface area (Å²) in [5.74, 6) is -0.842. The van der Waals surface area contributed by atoms with Gasteiger partial charge in [0.05, 0.1) is 0 Å². The SMILES string of the molecule is O=C(O)[C@@H](Cc1c[nH]c2ccccc12)NCc1cccc(Br)c1. The van der Waals surface area contributed by atoms with Crippen LogP contribution in [0.1, 0.15) is 11.1 Å². The van der Waals surface area contributed by atoms with E-state index >= 15 is 0 Å². The Balaban J connectivity index is 1.73. The molecule has 0 aliphatic carbocycles. The van der Waals surface area contributed by atoms with Gasteiger partial charge < -0.3 is 15.4 Å². The van der Waals surface area contributed by atoms with Crippen LogP contribution in [0.5, 0.6) is 0 Å². The number of carbonyl (C=O) groups is 1. The third-order valence-electron chi connectivity index (χ3n) is 3.84. The summed E-state index contributed by atoms with van der Waals surface area (Å²) < 4.78 is 0.986. The van der Waals surface area contributed by atoms with Gasteiger partial charge in [-0.3, -0.25) is 4.79 Å². The highest BCUT2D eigenvalue weighted by molar-refractivity contribution is 9.10. The molecule has 1 aromatic heterocycles. The number of aromatic amines is 1. The number of H-pyrrole nitrogens is 1. The molecule has 2 aromatic carbocycles. The van der Waals surface area contributed by atoms with E-state index in [1.54, 1.807) is 0 Å². The van der Waals surface area contributed by atoms with Gasteiger partial charge in [0, 0.05) is 34.5 Å². The molecule has 0 radical (unpaired) electrons. The molecule has 23 heavy (non-hydrogen) atoms. The van der Waals surface area contributed by atoms with Crippen LogP contribution in [-0.2, 0) is 17.8 Å². The molecule has 4 nitrogen and oxygen atoms in total. The summed E-state index contributed by atoms with van der Waals surface area (Å²) in [5, 5.41) is 13.7. The lowest BCUT2D eigenvalue weighted by Crippen LogP contribution is -2.38. The Bertz CT molecular complexity index is 829. The Kier molecular flexibility index (Phi) is 4.79. The van der Waals surface area contributed by atoms with Crippen LogP contribution in [-0.4, -0.2) is 22.1 Å². The summed E-state index contributed by atoms with van der Waals surface area (Å²) in [6.45, 7) is 0.513. The Hall–Kier alpha value is -2.11. The van der Waals surface area contributed by atoms with E-state index in [1.807, 2.05) is 54.7 Å². The number of para-hydroxylation sites is 1. The number of nitrogens with one attached hydrogen (secondary N) is 2. The number of hydrogen-bond acceptors (Lipinski definition) is 2. The van der Waals surface area contributed by atoms with E-state index in [4.69, 9.17) is 0 Å². The number of rotatable bonds is 6. The molecule has 0 aliphatic heterocycles. The largest absolute Gasteiger partial charge is 0.480 e. The Morgan fingerprint density at radius 1 is 1.22 bits per heavy atom. The lowest BCUT2D eigenvalue weighted by atomic mass is 10.0.